The Morgan fingerprint density at radius 1 is 1.22 bits per heavy atom. The average molecular weight is 372 g/mol. The number of carbonyl (C=O) groups is 1. The third-order valence-electron chi connectivity index (χ3n) is 3.97. The van der Waals surface area contributed by atoms with Crippen molar-refractivity contribution in [1.29, 1.82) is 5.26 Å². The first kappa shape index (κ1) is 20.2. The first-order valence-electron chi connectivity index (χ1n) is 8.36. The lowest BCUT2D eigenvalue weighted by Gasteiger charge is -2.29. The summed E-state index contributed by atoms with van der Waals surface area (Å²) in [6.45, 7) is 6.93. The number of allylic oxidation sites excluding steroid dienone is 2. The second kappa shape index (κ2) is 7.62. The summed E-state index contributed by atoms with van der Waals surface area (Å²) < 4.78 is 21.6. The third kappa shape index (κ3) is 4.17. The summed E-state index contributed by atoms with van der Waals surface area (Å²) >= 11 is 0. The van der Waals surface area contributed by atoms with Crippen LogP contribution < -0.4 is 15.2 Å². The van der Waals surface area contributed by atoms with Gasteiger partial charge in [-0.2, -0.15) is 5.26 Å². The van der Waals surface area contributed by atoms with E-state index in [9.17, 15) is 10.1 Å². The number of methoxy groups -OCH3 is 2. The molecule has 144 valence electrons. The fourth-order valence-corrected chi connectivity index (χ4v) is 2.84. The Bertz CT molecular complexity index is 856. The maximum absolute atomic E-state index is 12.9. The molecule has 2 rings (SSSR count). The number of rotatable bonds is 4. The quantitative estimate of drug-likeness (QED) is 0.810. The highest BCUT2D eigenvalue weighted by atomic mass is 16.6. The van der Waals surface area contributed by atoms with Crippen LogP contribution >= 0.6 is 0 Å². The van der Waals surface area contributed by atoms with Crippen LogP contribution in [0.4, 0.5) is 0 Å². The Labute approximate surface area is 159 Å². The summed E-state index contributed by atoms with van der Waals surface area (Å²) in [5.74, 6) is -0.0529. The molecule has 1 aliphatic rings. The molecule has 1 aromatic carbocycles. The summed E-state index contributed by atoms with van der Waals surface area (Å²) in [4.78, 5) is 12.9. The van der Waals surface area contributed by atoms with Crippen LogP contribution in [0.25, 0.3) is 0 Å². The molecule has 0 amide bonds. The zero-order chi connectivity index (χ0) is 20.4. The zero-order valence-corrected chi connectivity index (χ0v) is 16.4. The standard InChI is InChI=1S/C20H24N2O5/c1-11-16(19(23)27-20(2,3)4)17(13(10-21)18(22)26-11)12-7-8-14(24-5)15(9-12)25-6/h7-9,17H,22H2,1-6H3/t17-/m1/s1. The predicted molar refractivity (Wildman–Crippen MR) is 98.7 cm³/mol. The summed E-state index contributed by atoms with van der Waals surface area (Å²) in [7, 11) is 3.04. The van der Waals surface area contributed by atoms with Gasteiger partial charge in [-0.15, -0.1) is 0 Å². The van der Waals surface area contributed by atoms with Crippen molar-refractivity contribution in [3.05, 3.63) is 46.6 Å². The van der Waals surface area contributed by atoms with Crippen LogP contribution in [0, 0.1) is 11.3 Å². The predicted octanol–water partition coefficient (Wildman–Crippen LogP) is 3.13. The molecule has 0 unspecified atom stereocenters. The van der Waals surface area contributed by atoms with Crippen molar-refractivity contribution in [2.24, 2.45) is 5.73 Å². The SMILES string of the molecule is COc1ccc([C@@H]2C(C#N)=C(N)OC(C)=C2C(=O)OC(C)(C)C)cc1OC. The molecule has 1 heterocycles. The number of nitrogens with zero attached hydrogens (tertiary/aromatic N) is 1. The molecule has 1 aromatic rings. The van der Waals surface area contributed by atoms with Crippen LogP contribution in [0.15, 0.2) is 41.0 Å². The zero-order valence-electron chi connectivity index (χ0n) is 16.4. The van der Waals surface area contributed by atoms with Gasteiger partial charge in [0.25, 0.3) is 0 Å². The van der Waals surface area contributed by atoms with Crippen molar-refractivity contribution in [3.8, 4) is 17.6 Å². The van der Waals surface area contributed by atoms with Crippen LogP contribution in [-0.4, -0.2) is 25.8 Å². The number of hydrogen-bond donors (Lipinski definition) is 1. The summed E-state index contributed by atoms with van der Waals surface area (Å²) in [5, 5.41) is 9.64. The van der Waals surface area contributed by atoms with Crippen molar-refractivity contribution in [2.45, 2.75) is 39.2 Å². The number of carbonyl (C=O) groups excluding carboxylic acids is 1. The normalized spacial score (nSPS) is 17.1. The maximum atomic E-state index is 12.9. The molecule has 0 aliphatic carbocycles. The van der Waals surface area contributed by atoms with Gasteiger partial charge in [0.2, 0.25) is 5.88 Å². The summed E-state index contributed by atoms with van der Waals surface area (Å²) in [6, 6.07) is 7.21. The van der Waals surface area contributed by atoms with E-state index in [1.807, 2.05) is 0 Å². The van der Waals surface area contributed by atoms with Crippen LogP contribution in [0.1, 0.15) is 39.2 Å². The molecule has 1 atom stereocenters. The number of ether oxygens (including phenoxy) is 4. The maximum Gasteiger partial charge on any atom is 0.338 e. The Balaban J connectivity index is 2.64. The molecule has 0 saturated heterocycles. The van der Waals surface area contributed by atoms with E-state index in [4.69, 9.17) is 24.7 Å². The largest absolute Gasteiger partial charge is 0.493 e. The monoisotopic (exact) mass is 372 g/mol. The number of esters is 1. The fourth-order valence-electron chi connectivity index (χ4n) is 2.84. The molecule has 0 radical (unpaired) electrons. The van der Waals surface area contributed by atoms with Crippen LogP contribution in [0.5, 0.6) is 11.5 Å². The lowest BCUT2D eigenvalue weighted by Crippen LogP contribution is -2.30. The molecule has 0 saturated carbocycles. The van der Waals surface area contributed by atoms with Gasteiger partial charge in [-0.3, -0.25) is 0 Å². The first-order chi connectivity index (χ1) is 12.6. The lowest BCUT2D eigenvalue weighted by molar-refractivity contribution is -0.150. The van der Waals surface area contributed by atoms with Gasteiger partial charge in [0, 0.05) is 0 Å². The number of nitriles is 1. The van der Waals surface area contributed by atoms with Gasteiger partial charge in [0.1, 0.15) is 23.0 Å². The average Bonchev–Trinajstić information content (AvgIpc) is 2.58. The summed E-state index contributed by atoms with van der Waals surface area (Å²) in [6.07, 6.45) is 0. The van der Waals surface area contributed by atoms with Gasteiger partial charge >= 0.3 is 5.97 Å². The molecule has 2 N–H and O–H groups in total. The fraction of sp³-hybridized carbons (Fsp3) is 0.400. The minimum atomic E-state index is -0.738. The third-order valence-corrected chi connectivity index (χ3v) is 3.97. The second-order valence-electron chi connectivity index (χ2n) is 7.01. The van der Waals surface area contributed by atoms with Crippen LogP contribution in [0.2, 0.25) is 0 Å². The van der Waals surface area contributed by atoms with Crippen molar-refractivity contribution < 1.29 is 23.7 Å². The number of nitrogens with two attached hydrogens (primary N) is 1. The van der Waals surface area contributed by atoms with Gasteiger partial charge in [-0.05, 0) is 45.4 Å². The Morgan fingerprint density at radius 2 is 1.85 bits per heavy atom. The topological polar surface area (TPSA) is 104 Å². The number of hydrogen-bond acceptors (Lipinski definition) is 7. The molecule has 0 fully saturated rings. The van der Waals surface area contributed by atoms with Gasteiger partial charge in [-0.1, -0.05) is 6.07 Å². The minimum Gasteiger partial charge on any atom is -0.493 e. The van der Waals surface area contributed by atoms with Crippen molar-refractivity contribution in [1.82, 2.24) is 0 Å². The number of benzene rings is 1. The van der Waals surface area contributed by atoms with Gasteiger partial charge in [0.15, 0.2) is 11.5 Å². The highest BCUT2D eigenvalue weighted by Crippen LogP contribution is 2.42. The summed E-state index contributed by atoms with van der Waals surface area (Å²) in [5.41, 5.74) is 6.21. The minimum absolute atomic E-state index is 0.0397. The van der Waals surface area contributed by atoms with E-state index in [-0.39, 0.29) is 17.0 Å². The van der Waals surface area contributed by atoms with E-state index in [2.05, 4.69) is 6.07 Å². The Kier molecular flexibility index (Phi) is 5.69. The molecule has 0 spiro atoms. The van der Waals surface area contributed by atoms with E-state index in [1.54, 1.807) is 45.9 Å². The van der Waals surface area contributed by atoms with E-state index < -0.39 is 17.5 Å². The molecule has 0 bridgehead atoms. The van der Waals surface area contributed by atoms with Crippen molar-refractivity contribution in [2.75, 3.05) is 14.2 Å². The molecular formula is C20H24N2O5. The highest BCUT2D eigenvalue weighted by Gasteiger charge is 2.38. The van der Waals surface area contributed by atoms with E-state index in [0.29, 0.717) is 22.8 Å². The molecule has 0 aromatic heterocycles. The van der Waals surface area contributed by atoms with Gasteiger partial charge < -0.3 is 24.7 Å². The van der Waals surface area contributed by atoms with Gasteiger partial charge in [-0.25, -0.2) is 4.79 Å². The Morgan fingerprint density at radius 3 is 2.37 bits per heavy atom. The first-order valence-corrected chi connectivity index (χ1v) is 8.36. The molecule has 7 heteroatoms. The Hall–Kier alpha value is -3.14. The van der Waals surface area contributed by atoms with E-state index in [0.717, 1.165) is 0 Å². The van der Waals surface area contributed by atoms with Crippen molar-refractivity contribution in [3.63, 3.8) is 0 Å². The molecule has 7 nitrogen and oxygen atoms in total. The molecule has 1 aliphatic heterocycles. The van der Waals surface area contributed by atoms with E-state index >= 15 is 0 Å². The second-order valence-corrected chi connectivity index (χ2v) is 7.01. The van der Waals surface area contributed by atoms with Crippen LogP contribution in [-0.2, 0) is 14.3 Å². The smallest absolute Gasteiger partial charge is 0.338 e. The van der Waals surface area contributed by atoms with Gasteiger partial charge in [0.05, 0.1) is 25.7 Å². The highest BCUT2D eigenvalue weighted by molar-refractivity contribution is 5.93. The lowest BCUT2D eigenvalue weighted by atomic mass is 9.83. The van der Waals surface area contributed by atoms with Crippen LogP contribution in [0.3, 0.4) is 0 Å². The molecular weight excluding hydrogens is 348 g/mol. The van der Waals surface area contributed by atoms with E-state index in [1.165, 1.54) is 14.2 Å². The van der Waals surface area contributed by atoms with Crippen molar-refractivity contribution >= 4 is 5.97 Å². The molecule has 27 heavy (non-hydrogen) atoms.